The smallest absolute Gasteiger partial charge is 0.154 e. The second kappa shape index (κ2) is 4.55. The molecule has 1 aromatic carbocycles. The molecule has 4 nitrogen and oxygen atoms in total. The molecule has 0 aliphatic carbocycles. The molecule has 88 valence electrons. The van der Waals surface area contributed by atoms with Gasteiger partial charge in [0.15, 0.2) is 5.82 Å². The monoisotopic (exact) mass is 252 g/mol. The molecule has 0 saturated heterocycles. The van der Waals surface area contributed by atoms with E-state index in [1.165, 1.54) is 6.33 Å². The van der Waals surface area contributed by atoms with Crippen LogP contribution < -0.4 is 11.1 Å². The van der Waals surface area contributed by atoms with Gasteiger partial charge in [-0.2, -0.15) is 0 Å². The second-order valence-corrected chi connectivity index (χ2v) is 3.86. The first kappa shape index (κ1) is 11.6. The molecule has 2 rings (SSSR count). The van der Waals surface area contributed by atoms with Crippen molar-refractivity contribution in [2.45, 2.75) is 6.92 Å². The molecule has 0 spiro atoms. The summed E-state index contributed by atoms with van der Waals surface area (Å²) in [5.41, 5.74) is 6.36. The third kappa shape index (κ3) is 2.29. The molecule has 0 aliphatic rings. The van der Waals surface area contributed by atoms with Crippen molar-refractivity contribution in [3.8, 4) is 0 Å². The Morgan fingerprint density at radius 2 is 2.12 bits per heavy atom. The predicted octanol–water partition coefficient (Wildman–Crippen LogP) is 2.90. The summed E-state index contributed by atoms with van der Waals surface area (Å²) in [6, 6.07) is 5.01. The molecule has 0 unspecified atom stereocenters. The zero-order chi connectivity index (χ0) is 12.4. The van der Waals surface area contributed by atoms with Crippen LogP contribution in [0.15, 0.2) is 24.5 Å². The summed E-state index contributed by atoms with van der Waals surface area (Å²) in [5.74, 6) is 0.0849. The lowest BCUT2D eigenvalue weighted by Crippen LogP contribution is -2.01. The molecule has 6 heteroatoms. The number of benzene rings is 1. The summed E-state index contributed by atoms with van der Waals surface area (Å²) in [6.45, 7) is 1.68. The molecule has 0 bridgehead atoms. The summed E-state index contributed by atoms with van der Waals surface area (Å²) in [7, 11) is 0. The van der Waals surface area contributed by atoms with Crippen LogP contribution in [0.5, 0.6) is 0 Å². The average molecular weight is 253 g/mol. The van der Waals surface area contributed by atoms with Crippen molar-refractivity contribution in [2.75, 3.05) is 11.1 Å². The predicted molar refractivity (Wildman–Crippen MR) is 65.9 cm³/mol. The largest absolute Gasteiger partial charge is 0.382 e. The maximum atomic E-state index is 13.7. The lowest BCUT2D eigenvalue weighted by Gasteiger charge is -2.09. The minimum atomic E-state index is -0.347. The van der Waals surface area contributed by atoms with Gasteiger partial charge in [-0.1, -0.05) is 23.7 Å². The molecule has 0 fully saturated rings. The van der Waals surface area contributed by atoms with E-state index in [1.54, 1.807) is 25.1 Å². The van der Waals surface area contributed by atoms with E-state index in [9.17, 15) is 4.39 Å². The average Bonchev–Trinajstić information content (AvgIpc) is 2.31. The number of anilines is 3. The quantitative estimate of drug-likeness (QED) is 0.863. The molecule has 0 amide bonds. The highest BCUT2D eigenvalue weighted by molar-refractivity contribution is 6.35. The van der Waals surface area contributed by atoms with Crippen LogP contribution in [0.3, 0.4) is 0 Å². The van der Waals surface area contributed by atoms with Crippen LogP contribution in [-0.2, 0) is 0 Å². The van der Waals surface area contributed by atoms with Crippen LogP contribution in [0.25, 0.3) is 0 Å². The molecule has 0 radical (unpaired) electrons. The van der Waals surface area contributed by atoms with Crippen LogP contribution in [0.4, 0.5) is 21.7 Å². The van der Waals surface area contributed by atoms with Gasteiger partial charge in [-0.05, 0) is 18.6 Å². The third-order valence-corrected chi connectivity index (χ3v) is 2.63. The number of aromatic nitrogens is 2. The summed E-state index contributed by atoms with van der Waals surface area (Å²) in [6.07, 6.45) is 1.26. The van der Waals surface area contributed by atoms with Gasteiger partial charge < -0.3 is 11.1 Å². The van der Waals surface area contributed by atoms with Crippen LogP contribution in [0.1, 0.15) is 5.56 Å². The van der Waals surface area contributed by atoms with Gasteiger partial charge in [0.05, 0.1) is 5.69 Å². The SMILES string of the molecule is Cc1cccc(Nc2ncnc(N)c2Cl)c1F. The number of aryl methyl sites for hydroxylation is 1. The molecule has 1 heterocycles. The molecule has 0 saturated carbocycles. The van der Waals surface area contributed by atoms with Crippen molar-refractivity contribution in [3.05, 3.63) is 40.9 Å². The van der Waals surface area contributed by atoms with Gasteiger partial charge in [0, 0.05) is 0 Å². The number of nitrogens with two attached hydrogens (primary N) is 1. The molecule has 3 N–H and O–H groups in total. The van der Waals surface area contributed by atoms with Crippen LogP contribution in [-0.4, -0.2) is 9.97 Å². The highest BCUT2D eigenvalue weighted by atomic mass is 35.5. The Balaban J connectivity index is 2.38. The van der Waals surface area contributed by atoms with Gasteiger partial charge in [-0.15, -0.1) is 0 Å². The standard InChI is InChI=1S/C11H10ClFN4/c1-6-3-2-4-7(9(6)13)17-11-8(12)10(14)15-5-16-11/h2-5H,1H3,(H3,14,15,16,17). The summed E-state index contributed by atoms with van der Waals surface area (Å²) in [4.78, 5) is 7.63. The van der Waals surface area contributed by atoms with E-state index < -0.39 is 0 Å². The van der Waals surface area contributed by atoms with Gasteiger partial charge in [-0.25, -0.2) is 14.4 Å². The summed E-state index contributed by atoms with van der Waals surface area (Å²) < 4.78 is 13.7. The molecular formula is C11H10ClFN4. The fraction of sp³-hybridized carbons (Fsp3) is 0.0909. The number of nitrogen functional groups attached to an aromatic ring is 1. The van der Waals surface area contributed by atoms with Crippen LogP contribution in [0.2, 0.25) is 5.02 Å². The van der Waals surface area contributed by atoms with Crippen molar-refractivity contribution in [1.82, 2.24) is 9.97 Å². The zero-order valence-electron chi connectivity index (χ0n) is 9.04. The first-order valence-electron chi connectivity index (χ1n) is 4.87. The van der Waals surface area contributed by atoms with E-state index in [4.69, 9.17) is 17.3 Å². The number of halogens is 2. The first-order chi connectivity index (χ1) is 8.09. The maximum Gasteiger partial charge on any atom is 0.154 e. The third-order valence-electron chi connectivity index (χ3n) is 2.26. The Labute approximate surface area is 103 Å². The lowest BCUT2D eigenvalue weighted by molar-refractivity contribution is 0.622. The number of nitrogens with one attached hydrogen (secondary N) is 1. The number of hydrogen-bond acceptors (Lipinski definition) is 4. The van der Waals surface area contributed by atoms with Gasteiger partial charge in [0.2, 0.25) is 0 Å². The van der Waals surface area contributed by atoms with E-state index >= 15 is 0 Å². The van der Waals surface area contributed by atoms with Crippen molar-refractivity contribution >= 4 is 28.9 Å². The summed E-state index contributed by atoms with van der Waals surface area (Å²) in [5, 5.41) is 2.96. The number of hydrogen-bond donors (Lipinski definition) is 2. The minimum absolute atomic E-state index is 0.150. The Kier molecular flexibility index (Phi) is 3.10. The van der Waals surface area contributed by atoms with Gasteiger partial charge in [0.25, 0.3) is 0 Å². The fourth-order valence-electron chi connectivity index (χ4n) is 1.34. The van der Waals surface area contributed by atoms with Crippen molar-refractivity contribution in [3.63, 3.8) is 0 Å². The Morgan fingerprint density at radius 3 is 2.88 bits per heavy atom. The van der Waals surface area contributed by atoms with Crippen molar-refractivity contribution in [2.24, 2.45) is 0 Å². The van der Waals surface area contributed by atoms with Gasteiger partial charge >= 0.3 is 0 Å². The molecule has 1 aromatic heterocycles. The minimum Gasteiger partial charge on any atom is -0.382 e. The normalized spacial score (nSPS) is 10.3. The highest BCUT2D eigenvalue weighted by Crippen LogP contribution is 2.28. The molecular weight excluding hydrogens is 243 g/mol. The molecule has 0 aliphatic heterocycles. The Hall–Kier alpha value is -1.88. The first-order valence-corrected chi connectivity index (χ1v) is 5.25. The maximum absolute atomic E-state index is 13.7. The van der Waals surface area contributed by atoms with Crippen molar-refractivity contribution in [1.29, 1.82) is 0 Å². The zero-order valence-corrected chi connectivity index (χ0v) is 9.79. The van der Waals surface area contributed by atoms with E-state index in [0.29, 0.717) is 11.3 Å². The van der Waals surface area contributed by atoms with Crippen LogP contribution >= 0.6 is 11.6 Å². The fourth-order valence-corrected chi connectivity index (χ4v) is 1.49. The second-order valence-electron chi connectivity index (χ2n) is 3.48. The number of rotatable bonds is 2. The molecule has 0 atom stereocenters. The van der Waals surface area contributed by atoms with E-state index in [0.717, 1.165) is 0 Å². The van der Waals surface area contributed by atoms with Crippen molar-refractivity contribution < 1.29 is 4.39 Å². The van der Waals surface area contributed by atoms with Crippen LogP contribution in [0, 0.1) is 12.7 Å². The Morgan fingerprint density at radius 1 is 1.35 bits per heavy atom. The number of nitrogens with zero attached hydrogens (tertiary/aromatic N) is 2. The van der Waals surface area contributed by atoms with E-state index in [2.05, 4.69) is 15.3 Å². The van der Waals surface area contributed by atoms with Gasteiger partial charge in [0.1, 0.15) is 23.0 Å². The topological polar surface area (TPSA) is 63.8 Å². The van der Waals surface area contributed by atoms with E-state index in [1.807, 2.05) is 0 Å². The van der Waals surface area contributed by atoms with E-state index in [-0.39, 0.29) is 22.5 Å². The highest BCUT2D eigenvalue weighted by Gasteiger charge is 2.10. The molecule has 2 aromatic rings. The van der Waals surface area contributed by atoms with Gasteiger partial charge in [-0.3, -0.25) is 0 Å². The Bertz CT molecular complexity index is 510. The molecule has 17 heavy (non-hydrogen) atoms. The summed E-state index contributed by atoms with van der Waals surface area (Å²) >= 11 is 5.90. The lowest BCUT2D eigenvalue weighted by atomic mass is 10.2.